The first-order valence-corrected chi connectivity index (χ1v) is 6.69. The van der Waals surface area contributed by atoms with Gasteiger partial charge in [0.25, 0.3) is 0 Å². The molecule has 0 unspecified atom stereocenters. The highest BCUT2D eigenvalue weighted by Gasteiger charge is 2.18. The number of carbonyl (C=O) groups is 2. The fourth-order valence-corrected chi connectivity index (χ4v) is 2.22. The predicted molar refractivity (Wildman–Crippen MR) is 72.5 cm³/mol. The Balaban J connectivity index is 1.88. The summed E-state index contributed by atoms with van der Waals surface area (Å²) < 4.78 is 0.971. The van der Waals surface area contributed by atoms with Gasteiger partial charge < -0.3 is 4.90 Å². The lowest BCUT2D eigenvalue weighted by Crippen LogP contribution is -2.47. The first-order valence-electron chi connectivity index (χ1n) is 5.89. The van der Waals surface area contributed by atoms with E-state index in [2.05, 4.69) is 20.8 Å². The minimum absolute atomic E-state index is 0.127. The lowest BCUT2D eigenvalue weighted by atomic mass is 10.1. The number of benzene rings is 1. The van der Waals surface area contributed by atoms with Crippen LogP contribution in [0.25, 0.3) is 0 Å². The summed E-state index contributed by atoms with van der Waals surface area (Å²) in [6.07, 6.45) is 0.869. The fourth-order valence-electron chi connectivity index (χ4n) is 1.96. The van der Waals surface area contributed by atoms with E-state index in [9.17, 15) is 9.59 Å². The first kappa shape index (κ1) is 13.2. The van der Waals surface area contributed by atoms with Crippen molar-refractivity contribution in [3.05, 3.63) is 34.3 Å². The SMILES string of the molecule is O=CN1CCN(CC(=O)c2ccc(Br)cc2)CC1. The summed E-state index contributed by atoms with van der Waals surface area (Å²) in [7, 11) is 0. The van der Waals surface area contributed by atoms with Gasteiger partial charge >= 0.3 is 0 Å². The number of hydrogen-bond acceptors (Lipinski definition) is 3. The number of ketones is 1. The van der Waals surface area contributed by atoms with Gasteiger partial charge in [0.1, 0.15) is 0 Å². The van der Waals surface area contributed by atoms with Gasteiger partial charge in [0.05, 0.1) is 6.54 Å². The Kier molecular flexibility index (Phi) is 4.49. The minimum Gasteiger partial charge on any atom is -0.343 e. The molecule has 2 rings (SSSR count). The molecule has 18 heavy (non-hydrogen) atoms. The summed E-state index contributed by atoms with van der Waals surface area (Å²) in [6.45, 7) is 3.37. The number of amides is 1. The smallest absolute Gasteiger partial charge is 0.209 e. The molecule has 0 spiro atoms. The van der Waals surface area contributed by atoms with Crippen molar-refractivity contribution in [2.75, 3.05) is 32.7 Å². The topological polar surface area (TPSA) is 40.6 Å². The maximum Gasteiger partial charge on any atom is 0.209 e. The molecule has 0 saturated carbocycles. The van der Waals surface area contributed by atoms with Crippen molar-refractivity contribution in [3.8, 4) is 0 Å². The summed E-state index contributed by atoms with van der Waals surface area (Å²) in [6, 6.07) is 7.40. The standard InChI is InChI=1S/C13H15BrN2O2/c14-12-3-1-11(2-4-12)13(18)9-15-5-7-16(10-17)8-6-15/h1-4,10H,5-9H2. The largest absolute Gasteiger partial charge is 0.343 e. The fraction of sp³-hybridized carbons (Fsp3) is 0.385. The average molecular weight is 311 g/mol. The zero-order valence-corrected chi connectivity index (χ0v) is 11.6. The molecule has 1 aliphatic heterocycles. The van der Waals surface area contributed by atoms with Crippen LogP contribution in [0.2, 0.25) is 0 Å². The number of rotatable bonds is 4. The Hall–Kier alpha value is -1.20. The van der Waals surface area contributed by atoms with E-state index >= 15 is 0 Å². The second kappa shape index (κ2) is 6.11. The molecule has 0 atom stereocenters. The van der Waals surface area contributed by atoms with Gasteiger partial charge in [0.2, 0.25) is 6.41 Å². The van der Waals surface area contributed by atoms with Crippen molar-refractivity contribution in [1.29, 1.82) is 0 Å². The molecule has 0 radical (unpaired) electrons. The molecule has 96 valence electrons. The molecule has 1 fully saturated rings. The van der Waals surface area contributed by atoms with Gasteiger partial charge in [-0.1, -0.05) is 28.1 Å². The van der Waals surface area contributed by atoms with Crippen molar-refractivity contribution in [1.82, 2.24) is 9.80 Å². The maximum atomic E-state index is 12.0. The van der Waals surface area contributed by atoms with E-state index in [0.29, 0.717) is 19.6 Å². The Morgan fingerprint density at radius 1 is 1.17 bits per heavy atom. The van der Waals surface area contributed by atoms with Gasteiger partial charge in [-0.05, 0) is 12.1 Å². The molecule has 0 aromatic heterocycles. The average Bonchev–Trinajstić information content (AvgIpc) is 2.40. The van der Waals surface area contributed by atoms with Gasteiger partial charge in [0, 0.05) is 36.2 Å². The Morgan fingerprint density at radius 3 is 2.33 bits per heavy atom. The van der Waals surface area contributed by atoms with Crippen LogP contribution in [0.3, 0.4) is 0 Å². The van der Waals surface area contributed by atoms with Crippen molar-refractivity contribution >= 4 is 28.1 Å². The van der Waals surface area contributed by atoms with E-state index < -0.39 is 0 Å². The van der Waals surface area contributed by atoms with Crippen LogP contribution in [-0.2, 0) is 4.79 Å². The molecule has 0 aliphatic carbocycles. The molecule has 4 nitrogen and oxygen atoms in total. The lowest BCUT2D eigenvalue weighted by molar-refractivity contribution is -0.119. The van der Waals surface area contributed by atoms with Crippen LogP contribution >= 0.6 is 15.9 Å². The number of hydrogen-bond donors (Lipinski definition) is 0. The maximum absolute atomic E-state index is 12.0. The van der Waals surface area contributed by atoms with E-state index in [1.165, 1.54) is 0 Å². The number of piperazine rings is 1. The molecule has 1 aromatic rings. The number of halogens is 1. The van der Waals surface area contributed by atoms with E-state index in [4.69, 9.17) is 0 Å². The molecule has 1 heterocycles. The van der Waals surface area contributed by atoms with Crippen LogP contribution in [0.15, 0.2) is 28.7 Å². The van der Waals surface area contributed by atoms with Crippen LogP contribution in [0.4, 0.5) is 0 Å². The lowest BCUT2D eigenvalue weighted by Gasteiger charge is -2.31. The van der Waals surface area contributed by atoms with E-state index in [1.54, 1.807) is 4.90 Å². The van der Waals surface area contributed by atoms with E-state index in [-0.39, 0.29) is 5.78 Å². The second-order valence-electron chi connectivity index (χ2n) is 4.35. The van der Waals surface area contributed by atoms with Crippen LogP contribution in [0, 0.1) is 0 Å². The van der Waals surface area contributed by atoms with Gasteiger partial charge in [-0.3, -0.25) is 14.5 Å². The number of carbonyl (C=O) groups excluding carboxylic acids is 2. The highest BCUT2D eigenvalue weighted by molar-refractivity contribution is 9.10. The van der Waals surface area contributed by atoms with E-state index in [1.807, 2.05) is 24.3 Å². The molecular formula is C13H15BrN2O2. The predicted octanol–water partition coefficient (Wildman–Crippen LogP) is 1.41. The molecule has 5 heteroatoms. The van der Waals surface area contributed by atoms with Gasteiger partial charge in [0.15, 0.2) is 5.78 Å². The normalized spacial score (nSPS) is 16.6. The summed E-state index contributed by atoms with van der Waals surface area (Å²) in [4.78, 5) is 26.4. The van der Waals surface area contributed by atoms with Crippen LogP contribution in [0.1, 0.15) is 10.4 Å². The molecule has 1 aliphatic rings. The third kappa shape index (κ3) is 3.40. The summed E-state index contributed by atoms with van der Waals surface area (Å²) in [5.41, 5.74) is 0.732. The summed E-state index contributed by atoms with van der Waals surface area (Å²) in [5, 5.41) is 0. The molecule has 1 amide bonds. The Bertz CT molecular complexity index is 425. The monoisotopic (exact) mass is 310 g/mol. The molecule has 1 saturated heterocycles. The molecule has 0 N–H and O–H groups in total. The van der Waals surface area contributed by atoms with Crippen molar-refractivity contribution < 1.29 is 9.59 Å². The van der Waals surface area contributed by atoms with Crippen molar-refractivity contribution in [2.45, 2.75) is 0 Å². The zero-order chi connectivity index (χ0) is 13.0. The van der Waals surface area contributed by atoms with Crippen LogP contribution in [-0.4, -0.2) is 54.7 Å². The number of Topliss-reactive ketones (excluding diaryl/α,β-unsaturated/α-hetero) is 1. The van der Waals surface area contributed by atoms with Crippen LogP contribution in [0.5, 0.6) is 0 Å². The van der Waals surface area contributed by atoms with Gasteiger partial charge in [-0.25, -0.2) is 0 Å². The van der Waals surface area contributed by atoms with Crippen molar-refractivity contribution in [3.63, 3.8) is 0 Å². The van der Waals surface area contributed by atoms with Gasteiger partial charge in [-0.2, -0.15) is 0 Å². The van der Waals surface area contributed by atoms with Crippen LogP contribution < -0.4 is 0 Å². The molecular weight excluding hydrogens is 296 g/mol. The highest BCUT2D eigenvalue weighted by Crippen LogP contribution is 2.11. The summed E-state index contributed by atoms with van der Waals surface area (Å²) in [5.74, 6) is 0.127. The second-order valence-corrected chi connectivity index (χ2v) is 5.26. The van der Waals surface area contributed by atoms with Crippen molar-refractivity contribution in [2.24, 2.45) is 0 Å². The quantitative estimate of drug-likeness (QED) is 0.623. The third-order valence-electron chi connectivity index (χ3n) is 3.09. The minimum atomic E-state index is 0.127. The van der Waals surface area contributed by atoms with E-state index in [0.717, 1.165) is 29.5 Å². The third-order valence-corrected chi connectivity index (χ3v) is 3.62. The molecule has 0 bridgehead atoms. The zero-order valence-electron chi connectivity index (χ0n) is 10.0. The first-order chi connectivity index (χ1) is 8.69. The number of nitrogens with zero attached hydrogens (tertiary/aromatic N) is 2. The highest BCUT2D eigenvalue weighted by atomic mass is 79.9. The Labute approximate surface area is 115 Å². The summed E-state index contributed by atoms with van der Waals surface area (Å²) >= 11 is 3.35. The Morgan fingerprint density at radius 2 is 1.78 bits per heavy atom. The molecule has 1 aromatic carbocycles. The van der Waals surface area contributed by atoms with Gasteiger partial charge in [-0.15, -0.1) is 0 Å².